The molecule has 1 fully saturated rings. The fourth-order valence-electron chi connectivity index (χ4n) is 4.44. The summed E-state index contributed by atoms with van der Waals surface area (Å²) in [5, 5.41) is 17.4. The number of aromatic hydroxyl groups is 1. The molecule has 1 aromatic carbocycles. The number of alkyl halides is 3. The van der Waals surface area contributed by atoms with E-state index in [-0.39, 0.29) is 34.8 Å². The number of amides is 1. The van der Waals surface area contributed by atoms with E-state index in [9.17, 15) is 23.1 Å². The Bertz CT molecular complexity index is 1170. The summed E-state index contributed by atoms with van der Waals surface area (Å²) in [7, 11) is 0. The Balaban J connectivity index is 1.61. The Kier molecular flexibility index (Phi) is 5.20. The molecule has 1 unspecified atom stereocenters. The number of nitrogens with one attached hydrogen (secondary N) is 1. The topological polar surface area (TPSA) is 101 Å². The summed E-state index contributed by atoms with van der Waals surface area (Å²) in [5.41, 5.74) is 1.89. The van der Waals surface area contributed by atoms with Gasteiger partial charge in [-0.3, -0.25) is 14.9 Å². The van der Waals surface area contributed by atoms with Gasteiger partial charge in [0, 0.05) is 31.0 Å². The van der Waals surface area contributed by atoms with Crippen molar-refractivity contribution in [3.63, 3.8) is 0 Å². The van der Waals surface area contributed by atoms with Gasteiger partial charge in [0.2, 0.25) is 0 Å². The molecule has 2 aromatic heterocycles. The number of pyridine rings is 1. The summed E-state index contributed by atoms with van der Waals surface area (Å²) in [6.07, 6.45) is -2.06. The molecule has 1 atom stereocenters. The molecule has 5 rings (SSSR count). The minimum Gasteiger partial charge on any atom is -0.506 e. The maximum Gasteiger partial charge on any atom is 0.573 e. The Labute approximate surface area is 186 Å². The van der Waals surface area contributed by atoms with Crippen LogP contribution in [0.4, 0.5) is 13.2 Å². The Morgan fingerprint density at radius 3 is 2.52 bits per heavy atom. The normalized spacial score (nSPS) is 19.1. The maximum atomic E-state index is 13.4. The summed E-state index contributed by atoms with van der Waals surface area (Å²) in [6.45, 7) is 0.999. The molecular formula is C22H19F3N4O4. The zero-order chi connectivity index (χ0) is 23.2. The number of hydrogen-bond acceptors (Lipinski definition) is 6. The largest absolute Gasteiger partial charge is 0.573 e. The van der Waals surface area contributed by atoms with Crippen molar-refractivity contribution in [1.29, 1.82) is 0 Å². The number of aromatic amines is 1. The Morgan fingerprint density at radius 1 is 1.12 bits per heavy atom. The highest BCUT2D eigenvalue weighted by Gasteiger charge is 2.46. The standard InChI is InChI=1S/C22H19F3N4O4/c23-22(24,25)33-14-5-3-12(4-6-14)20-16-18(17-15(30)2-1-9-26-17)27-28-19(16)21(31)29(20)13-7-10-32-11-8-13/h1-6,9,13,20,30H,7-8,10-11H2,(H,27,28). The molecule has 8 nitrogen and oxygen atoms in total. The summed E-state index contributed by atoms with van der Waals surface area (Å²) in [5.74, 6) is -0.730. The molecular weight excluding hydrogens is 441 g/mol. The van der Waals surface area contributed by atoms with Gasteiger partial charge in [-0.15, -0.1) is 13.2 Å². The van der Waals surface area contributed by atoms with Crippen LogP contribution in [0.25, 0.3) is 11.4 Å². The minimum absolute atomic E-state index is 0.101. The van der Waals surface area contributed by atoms with Gasteiger partial charge in [0.05, 0.1) is 6.04 Å². The van der Waals surface area contributed by atoms with Crippen LogP contribution < -0.4 is 4.74 Å². The molecule has 1 saturated heterocycles. The number of carbonyl (C=O) groups is 1. The van der Waals surface area contributed by atoms with E-state index in [0.29, 0.717) is 42.9 Å². The number of hydrogen-bond donors (Lipinski definition) is 2. The number of carbonyl (C=O) groups excluding carboxylic acids is 1. The van der Waals surface area contributed by atoms with Crippen LogP contribution in [0.2, 0.25) is 0 Å². The first-order valence-corrected chi connectivity index (χ1v) is 10.3. The molecule has 2 aliphatic heterocycles. The fraction of sp³-hybridized carbons (Fsp3) is 0.318. The lowest BCUT2D eigenvalue weighted by Gasteiger charge is -2.36. The molecule has 2 aliphatic rings. The molecule has 172 valence electrons. The summed E-state index contributed by atoms with van der Waals surface area (Å²) >= 11 is 0. The number of halogens is 3. The van der Waals surface area contributed by atoms with E-state index in [4.69, 9.17) is 4.74 Å². The van der Waals surface area contributed by atoms with E-state index in [1.807, 2.05) is 0 Å². The van der Waals surface area contributed by atoms with E-state index in [2.05, 4.69) is 19.9 Å². The predicted octanol–water partition coefficient (Wildman–Crippen LogP) is 3.80. The molecule has 11 heteroatoms. The van der Waals surface area contributed by atoms with Crippen LogP contribution in [-0.2, 0) is 4.74 Å². The highest BCUT2D eigenvalue weighted by molar-refractivity contribution is 6.00. The van der Waals surface area contributed by atoms with Gasteiger partial charge < -0.3 is 19.5 Å². The summed E-state index contributed by atoms with van der Waals surface area (Å²) < 4.78 is 47.2. The van der Waals surface area contributed by atoms with Crippen LogP contribution in [0.1, 0.15) is 40.5 Å². The zero-order valence-electron chi connectivity index (χ0n) is 17.2. The van der Waals surface area contributed by atoms with Crippen LogP contribution >= 0.6 is 0 Å². The maximum absolute atomic E-state index is 13.4. The highest BCUT2D eigenvalue weighted by Crippen LogP contribution is 2.46. The molecule has 2 N–H and O–H groups in total. The minimum atomic E-state index is -4.81. The van der Waals surface area contributed by atoms with Crippen LogP contribution in [0.3, 0.4) is 0 Å². The van der Waals surface area contributed by atoms with E-state index >= 15 is 0 Å². The van der Waals surface area contributed by atoms with Crippen molar-refractivity contribution >= 4 is 5.91 Å². The summed E-state index contributed by atoms with van der Waals surface area (Å²) in [4.78, 5) is 19.4. The number of ether oxygens (including phenoxy) is 2. The Hall–Kier alpha value is -3.60. The zero-order valence-corrected chi connectivity index (χ0v) is 17.2. The second kappa shape index (κ2) is 8.07. The average Bonchev–Trinajstić information content (AvgIpc) is 3.33. The van der Waals surface area contributed by atoms with Crippen molar-refractivity contribution in [1.82, 2.24) is 20.1 Å². The van der Waals surface area contributed by atoms with E-state index < -0.39 is 12.4 Å². The van der Waals surface area contributed by atoms with Gasteiger partial charge >= 0.3 is 6.36 Å². The molecule has 3 aromatic rings. The first-order valence-electron chi connectivity index (χ1n) is 10.3. The van der Waals surface area contributed by atoms with Crippen molar-refractivity contribution in [2.75, 3.05) is 13.2 Å². The second-order valence-electron chi connectivity index (χ2n) is 7.81. The lowest BCUT2D eigenvalue weighted by Crippen LogP contribution is -2.42. The number of rotatable bonds is 4. The van der Waals surface area contributed by atoms with Crippen molar-refractivity contribution in [3.8, 4) is 22.9 Å². The number of fused-ring (bicyclic) bond motifs is 1. The van der Waals surface area contributed by atoms with Crippen LogP contribution in [0, 0.1) is 0 Å². The van der Waals surface area contributed by atoms with Gasteiger partial charge in [0.15, 0.2) is 0 Å². The molecule has 1 amide bonds. The van der Waals surface area contributed by atoms with Gasteiger partial charge in [-0.1, -0.05) is 12.1 Å². The third kappa shape index (κ3) is 3.88. The monoisotopic (exact) mass is 460 g/mol. The quantitative estimate of drug-likeness (QED) is 0.614. The van der Waals surface area contributed by atoms with E-state index in [1.165, 1.54) is 36.5 Å². The van der Waals surface area contributed by atoms with Crippen LogP contribution in [-0.4, -0.2) is 56.7 Å². The average molecular weight is 460 g/mol. The lowest BCUT2D eigenvalue weighted by molar-refractivity contribution is -0.274. The van der Waals surface area contributed by atoms with Crippen molar-refractivity contribution < 1.29 is 32.5 Å². The van der Waals surface area contributed by atoms with Crippen molar-refractivity contribution in [2.24, 2.45) is 0 Å². The molecule has 0 spiro atoms. The van der Waals surface area contributed by atoms with Crippen LogP contribution in [0.15, 0.2) is 42.6 Å². The number of benzene rings is 1. The van der Waals surface area contributed by atoms with Gasteiger partial charge in [0.25, 0.3) is 5.91 Å². The highest BCUT2D eigenvalue weighted by atomic mass is 19.4. The predicted molar refractivity (Wildman–Crippen MR) is 108 cm³/mol. The van der Waals surface area contributed by atoms with Gasteiger partial charge in [-0.25, -0.2) is 0 Å². The molecule has 0 saturated carbocycles. The number of aromatic nitrogens is 3. The third-order valence-electron chi connectivity index (χ3n) is 5.83. The van der Waals surface area contributed by atoms with E-state index in [0.717, 1.165) is 0 Å². The molecule has 4 heterocycles. The second-order valence-corrected chi connectivity index (χ2v) is 7.81. The molecule has 0 aliphatic carbocycles. The molecule has 0 radical (unpaired) electrons. The molecule has 33 heavy (non-hydrogen) atoms. The first kappa shape index (κ1) is 21.3. The number of nitrogens with zero attached hydrogens (tertiary/aromatic N) is 3. The molecule has 0 bridgehead atoms. The third-order valence-corrected chi connectivity index (χ3v) is 5.83. The van der Waals surface area contributed by atoms with Gasteiger partial charge in [0.1, 0.15) is 28.6 Å². The number of H-pyrrole nitrogens is 1. The first-order chi connectivity index (χ1) is 15.8. The fourth-order valence-corrected chi connectivity index (χ4v) is 4.44. The van der Waals surface area contributed by atoms with Crippen LogP contribution in [0.5, 0.6) is 11.5 Å². The SMILES string of the molecule is O=C1c2[nH]nc(-c3ncccc3O)c2C(c2ccc(OC(F)(F)F)cc2)N1C1CCOCC1. The van der Waals surface area contributed by atoms with E-state index in [1.54, 1.807) is 11.0 Å². The summed E-state index contributed by atoms with van der Waals surface area (Å²) in [6, 6.07) is 7.69. The Morgan fingerprint density at radius 2 is 1.85 bits per heavy atom. The lowest BCUT2D eigenvalue weighted by atomic mass is 9.95. The van der Waals surface area contributed by atoms with Gasteiger partial charge in [-0.2, -0.15) is 5.10 Å². The van der Waals surface area contributed by atoms with Gasteiger partial charge in [-0.05, 0) is 42.7 Å². The van der Waals surface area contributed by atoms with Crippen molar-refractivity contribution in [3.05, 3.63) is 59.4 Å². The smallest absolute Gasteiger partial charge is 0.506 e. The van der Waals surface area contributed by atoms with Crippen molar-refractivity contribution in [2.45, 2.75) is 31.3 Å².